The predicted octanol–water partition coefficient (Wildman–Crippen LogP) is 7.79. The third-order valence-corrected chi connectivity index (χ3v) is 8.53. The van der Waals surface area contributed by atoms with Crippen molar-refractivity contribution >= 4 is 56.4 Å². The summed E-state index contributed by atoms with van der Waals surface area (Å²) in [6, 6.07) is 27.2. The lowest BCUT2D eigenvalue weighted by Gasteiger charge is -2.19. The van der Waals surface area contributed by atoms with E-state index in [-0.39, 0.29) is 17.9 Å². The zero-order valence-corrected chi connectivity index (χ0v) is 28.3. The van der Waals surface area contributed by atoms with Crippen LogP contribution in [0.15, 0.2) is 101 Å². The fourth-order valence-electron chi connectivity index (χ4n) is 4.95. The molecule has 0 fully saturated rings. The van der Waals surface area contributed by atoms with Crippen LogP contribution >= 0.6 is 11.6 Å². The van der Waals surface area contributed by atoms with Crippen LogP contribution in [0.4, 0.5) is 5.69 Å². The smallest absolute Gasteiger partial charge is 0.266 e. The van der Waals surface area contributed by atoms with E-state index in [1.165, 1.54) is 0 Å². The first kappa shape index (κ1) is 34.6. The van der Waals surface area contributed by atoms with Crippen LogP contribution in [0.25, 0.3) is 28.6 Å². The van der Waals surface area contributed by atoms with E-state index in [1.807, 2.05) is 48.5 Å². The number of oxazole rings is 1. The van der Waals surface area contributed by atoms with Gasteiger partial charge < -0.3 is 15.1 Å². The van der Waals surface area contributed by atoms with Gasteiger partial charge in [-0.15, -0.1) is 0 Å². The summed E-state index contributed by atoms with van der Waals surface area (Å²) < 4.78 is 36.7. The van der Waals surface area contributed by atoms with Crippen molar-refractivity contribution in [2.45, 2.75) is 33.1 Å². The number of hydrogen-bond donors (Lipinski definition) is 3. The van der Waals surface area contributed by atoms with Crippen molar-refractivity contribution in [1.82, 2.24) is 10.3 Å². The molecular formula is C37H36ClN3O6S. The monoisotopic (exact) mass is 685 g/mol. The molecule has 1 heterocycles. The Kier molecular flexibility index (Phi) is 10.5. The van der Waals surface area contributed by atoms with Crippen LogP contribution in [0.2, 0.25) is 5.02 Å². The van der Waals surface area contributed by atoms with Crippen LogP contribution in [0, 0.1) is 5.41 Å². The number of allylic oxidation sites excluding steroid dienone is 1. The Labute approximate surface area is 284 Å². The SMILES string of the molecule is CC(C)(C)/C=C/c1ccc(C(Cc2ccc(C(=O)NCCS(=O)(=O)O)cc2)C(=O)Nc2ccc(-c3nc4ccccc4o3)c(Cl)c2)cc1. The van der Waals surface area contributed by atoms with Crippen LogP contribution < -0.4 is 10.6 Å². The van der Waals surface area contributed by atoms with Gasteiger partial charge in [0.1, 0.15) is 5.52 Å². The number of para-hydroxylation sites is 2. The van der Waals surface area contributed by atoms with Crippen molar-refractivity contribution in [2.75, 3.05) is 17.6 Å². The van der Waals surface area contributed by atoms with Gasteiger partial charge in [-0.25, -0.2) is 4.98 Å². The first-order valence-electron chi connectivity index (χ1n) is 15.3. The van der Waals surface area contributed by atoms with Gasteiger partial charge in [0.15, 0.2) is 5.58 Å². The molecule has 1 unspecified atom stereocenters. The van der Waals surface area contributed by atoms with Crippen LogP contribution in [0.1, 0.15) is 53.7 Å². The first-order chi connectivity index (χ1) is 22.7. The molecule has 0 saturated carbocycles. The van der Waals surface area contributed by atoms with E-state index in [9.17, 15) is 18.0 Å². The molecule has 1 atom stereocenters. The quantitative estimate of drug-likeness (QED) is 0.121. The summed E-state index contributed by atoms with van der Waals surface area (Å²) in [7, 11) is -4.19. The minimum atomic E-state index is -4.19. The Balaban J connectivity index is 1.36. The third-order valence-electron chi connectivity index (χ3n) is 7.49. The average Bonchev–Trinajstić information content (AvgIpc) is 3.46. The second-order valence-electron chi connectivity index (χ2n) is 12.5. The van der Waals surface area contributed by atoms with Gasteiger partial charge in [0.2, 0.25) is 11.8 Å². The number of nitrogens with zero attached hydrogens (tertiary/aromatic N) is 1. The molecule has 0 aliphatic carbocycles. The second kappa shape index (κ2) is 14.6. The predicted molar refractivity (Wildman–Crippen MR) is 190 cm³/mol. The Bertz CT molecular complexity index is 2030. The maximum absolute atomic E-state index is 13.9. The summed E-state index contributed by atoms with van der Waals surface area (Å²) in [4.78, 5) is 30.9. The van der Waals surface area contributed by atoms with Crippen LogP contribution in [-0.4, -0.2) is 42.1 Å². The van der Waals surface area contributed by atoms with Crippen molar-refractivity contribution in [3.8, 4) is 11.5 Å². The van der Waals surface area contributed by atoms with Crippen LogP contribution in [-0.2, 0) is 21.3 Å². The highest BCUT2D eigenvalue weighted by molar-refractivity contribution is 7.85. The van der Waals surface area contributed by atoms with Crippen molar-refractivity contribution in [1.29, 1.82) is 0 Å². The van der Waals surface area contributed by atoms with E-state index >= 15 is 0 Å². The van der Waals surface area contributed by atoms with Gasteiger partial charge in [0.25, 0.3) is 16.0 Å². The van der Waals surface area contributed by atoms with Gasteiger partial charge >= 0.3 is 0 Å². The number of benzene rings is 4. The molecule has 5 rings (SSSR count). The van der Waals surface area contributed by atoms with Gasteiger partial charge in [-0.05, 0) is 71.0 Å². The Morgan fingerprint density at radius 1 is 0.979 bits per heavy atom. The van der Waals surface area contributed by atoms with E-state index in [1.54, 1.807) is 42.5 Å². The number of fused-ring (bicyclic) bond motifs is 1. The van der Waals surface area contributed by atoms with Crippen molar-refractivity contribution in [3.63, 3.8) is 0 Å². The fraction of sp³-hybridized carbons (Fsp3) is 0.216. The zero-order chi connectivity index (χ0) is 34.5. The average molecular weight is 686 g/mol. The highest BCUT2D eigenvalue weighted by Crippen LogP contribution is 2.33. The van der Waals surface area contributed by atoms with Gasteiger partial charge in [-0.2, -0.15) is 8.42 Å². The van der Waals surface area contributed by atoms with E-state index < -0.39 is 27.7 Å². The lowest BCUT2D eigenvalue weighted by molar-refractivity contribution is -0.117. The van der Waals surface area contributed by atoms with Crippen LogP contribution in [0.3, 0.4) is 0 Å². The highest BCUT2D eigenvalue weighted by Gasteiger charge is 2.23. The molecule has 1 aromatic heterocycles. The summed E-state index contributed by atoms with van der Waals surface area (Å²) in [5.41, 5.74) is 5.45. The minimum absolute atomic E-state index is 0.0258. The maximum Gasteiger partial charge on any atom is 0.266 e. The van der Waals surface area contributed by atoms with Gasteiger partial charge in [-0.3, -0.25) is 14.1 Å². The molecular weight excluding hydrogens is 650 g/mol. The molecule has 3 N–H and O–H groups in total. The summed E-state index contributed by atoms with van der Waals surface area (Å²) in [5.74, 6) is -1.51. The number of carbonyl (C=O) groups is 2. The second-order valence-corrected chi connectivity index (χ2v) is 14.5. The van der Waals surface area contributed by atoms with E-state index in [4.69, 9.17) is 20.6 Å². The zero-order valence-electron chi connectivity index (χ0n) is 26.7. The number of nitrogens with one attached hydrogen (secondary N) is 2. The summed E-state index contributed by atoms with van der Waals surface area (Å²) in [6.07, 6.45) is 4.52. The molecule has 0 radical (unpaired) electrons. The number of aromatic nitrogens is 1. The molecule has 48 heavy (non-hydrogen) atoms. The largest absolute Gasteiger partial charge is 0.436 e. The number of rotatable bonds is 11. The van der Waals surface area contributed by atoms with Crippen LogP contribution in [0.5, 0.6) is 0 Å². The lowest BCUT2D eigenvalue weighted by atomic mass is 9.89. The molecule has 2 amide bonds. The van der Waals surface area contributed by atoms with Crippen molar-refractivity contribution in [2.24, 2.45) is 5.41 Å². The molecule has 5 aromatic rings. The summed E-state index contributed by atoms with van der Waals surface area (Å²) in [6.45, 7) is 6.15. The highest BCUT2D eigenvalue weighted by atomic mass is 35.5. The molecule has 0 saturated heterocycles. The van der Waals surface area contributed by atoms with Crippen molar-refractivity contribution < 1.29 is 27.0 Å². The minimum Gasteiger partial charge on any atom is -0.436 e. The number of halogens is 1. The normalized spacial score (nSPS) is 12.7. The molecule has 0 aliphatic heterocycles. The Hall–Kier alpha value is -4.77. The van der Waals surface area contributed by atoms with Gasteiger partial charge in [-0.1, -0.05) is 93.1 Å². The Morgan fingerprint density at radius 2 is 1.69 bits per heavy atom. The maximum atomic E-state index is 13.9. The van der Waals surface area contributed by atoms with E-state index in [0.29, 0.717) is 39.7 Å². The van der Waals surface area contributed by atoms with E-state index in [0.717, 1.165) is 22.2 Å². The molecule has 11 heteroatoms. The summed E-state index contributed by atoms with van der Waals surface area (Å²) >= 11 is 6.64. The molecule has 9 nitrogen and oxygen atoms in total. The molecule has 0 aliphatic rings. The molecule has 0 bridgehead atoms. The number of anilines is 1. The topological polar surface area (TPSA) is 139 Å². The summed E-state index contributed by atoms with van der Waals surface area (Å²) in [5, 5.41) is 5.85. The Morgan fingerprint density at radius 3 is 2.33 bits per heavy atom. The van der Waals surface area contributed by atoms with Gasteiger partial charge in [0, 0.05) is 17.8 Å². The van der Waals surface area contributed by atoms with Gasteiger partial charge in [0.05, 0.1) is 22.3 Å². The number of hydrogen-bond acceptors (Lipinski definition) is 6. The van der Waals surface area contributed by atoms with Crippen molar-refractivity contribution in [3.05, 3.63) is 124 Å². The lowest BCUT2D eigenvalue weighted by Crippen LogP contribution is -2.28. The first-order valence-corrected chi connectivity index (χ1v) is 17.3. The third kappa shape index (κ3) is 9.41. The molecule has 4 aromatic carbocycles. The fourth-order valence-corrected chi connectivity index (χ4v) is 5.58. The number of amides is 2. The molecule has 248 valence electrons. The molecule has 0 spiro atoms. The number of carbonyl (C=O) groups excluding carboxylic acids is 2. The van der Waals surface area contributed by atoms with E-state index in [2.05, 4.69) is 48.5 Å². The standard InChI is InChI=1S/C37H36ClN3O6S/c1-37(2,3)19-18-24-8-12-26(13-9-24)30(22-25-10-14-27(15-11-25)34(42)39-20-21-48(44,45)46)35(43)40-28-16-17-29(31(38)23-28)36-41-32-6-4-5-7-33(32)47-36/h4-19,23,30H,20-22H2,1-3H3,(H,39,42)(H,40,43)(H,44,45,46)/b19-18+.